The first kappa shape index (κ1) is 15.5. The van der Waals surface area contributed by atoms with E-state index in [1.807, 2.05) is 11.3 Å². The van der Waals surface area contributed by atoms with Gasteiger partial charge in [-0.3, -0.25) is 15.3 Å². The molecule has 1 unspecified atom stereocenters. The van der Waals surface area contributed by atoms with Crippen LogP contribution in [-0.2, 0) is 0 Å². The molecular weight excluding hydrogens is 328 g/mol. The first-order valence-corrected chi connectivity index (χ1v) is 9.71. The fraction of sp³-hybridized carbons (Fsp3) is 0.647. The third kappa shape index (κ3) is 2.49. The van der Waals surface area contributed by atoms with E-state index in [1.165, 1.54) is 26.7 Å². The molecule has 1 aromatic rings. The minimum atomic E-state index is 0.203. The van der Waals surface area contributed by atoms with Gasteiger partial charge in [0.2, 0.25) is 0 Å². The number of alkyl halides is 1. The van der Waals surface area contributed by atoms with Gasteiger partial charge in [-0.25, -0.2) is 0 Å². The van der Waals surface area contributed by atoms with Gasteiger partial charge in [0.25, 0.3) is 0 Å². The van der Waals surface area contributed by atoms with Crippen LogP contribution in [0.2, 0.25) is 0 Å². The van der Waals surface area contributed by atoms with E-state index < -0.39 is 0 Å². The number of nitrogens with zero attached hydrogens (tertiary/aromatic N) is 3. The topological polar surface area (TPSA) is 40.0 Å². The monoisotopic (exact) mass is 350 g/mol. The number of hydrogen-bond acceptors (Lipinski definition) is 5. The van der Waals surface area contributed by atoms with E-state index in [0.717, 1.165) is 31.5 Å². The van der Waals surface area contributed by atoms with Gasteiger partial charge >= 0.3 is 0 Å². The van der Waals surface area contributed by atoms with Gasteiger partial charge in [-0.15, -0.1) is 22.9 Å². The number of rotatable bonds is 1. The number of nitrogens with one attached hydrogen (secondary N) is 1. The molecule has 3 aliphatic rings. The van der Waals surface area contributed by atoms with Gasteiger partial charge in [0.15, 0.2) is 5.84 Å². The SMILES string of the molecule is Cc1sc2c(c1C)C(C1CCC(Cl)CC1)=NCC1=NNC(C)N12. The summed E-state index contributed by atoms with van der Waals surface area (Å²) in [6, 6.07) is 0. The summed E-state index contributed by atoms with van der Waals surface area (Å²) in [4.78, 5) is 8.75. The van der Waals surface area contributed by atoms with Crippen LogP contribution in [0.25, 0.3) is 0 Å². The Balaban J connectivity index is 1.80. The van der Waals surface area contributed by atoms with Crippen LogP contribution in [0, 0.1) is 19.8 Å². The Labute approximate surface area is 146 Å². The zero-order chi connectivity index (χ0) is 16.1. The average Bonchev–Trinajstić information content (AvgIpc) is 2.97. The van der Waals surface area contributed by atoms with Crippen molar-refractivity contribution in [1.82, 2.24) is 5.43 Å². The van der Waals surface area contributed by atoms with E-state index in [1.54, 1.807) is 0 Å². The molecule has 6 heteroatoms. The van der Waals surface area contributed by atoms with Crippen molar-refractivity contribution in [3.05, 3.63) is 16.0 Å². The zero-order valence-electron chi connectivity index (χ0n) is 13.9. The summed E-state index contributed by atoms with van der Waals surface area (Å²) in [5.74, 6) is 1.58. The van der Waals surface area contributed by atoms with Gasteiger partial charge in [-0.2, -0.15) is 5.10 Å². The minimum Gasteiger partial charge on any atom is -0.296 e. The number of thiophene rings is 1. The van der Waals surface area contributed by atoms with Crippen LogP contribution < -0.4 is 10.3 Å². The zero-order valence-corrected chi connectivity index (χ0v) is 15.5. The van der Waals surface area contributed by atoms with Gasteiger partial charge in [0.05, 0.1) is 6.54 Å². The molecule has 4 nitrogen and oxygen atoms in total. The average molecular weight is 351 g/mol. The number of amidine groups is 1. The number of hydrogen-bond donors (Lipinski definition) is 1. The second-order valence-electron chi connectivity index (χ2n) is 6.82. The molecule has 0 spiro atoms. The van der Waals surface area contributed by atoms with Gasteiger partial charge in [-0.1, -0.05) is 0 Å². The molecular formula is C17H23ClN4S. The molecule has 0 saturated heterocycles. The molecule has 1 atom stereocenters. The highest BCUT2D eigenvalue weighted by Gasteiger charge is 2.36. The summed E-state index contributed by atoms with van der Waals surface area (Å²) in [7, 11) is 0. The summed E-state index contributed by atoms with van der Waals surface area (Å²) in [5, 5.41) is 6.17. The molecule has 23 heavy (non-hydrogen) atoms. The van der Waals surface area contributed by atoms with E-state index in [2.05, 4.69) is 36.2 Å². The van der Waals surface area contributed by atoms with Crippen LogP contribution in [0.4, 0.5) is 5.00 Å². The Morgan fingerprint density at radius 2 is 1.96 bits per heavy atom. The first-order chi connectivity index (χ1) is 11.1. The molecule has 124 valence electrons. The van der Waals surface area contributed by atoms with Crippen molar-refractivity contribution in [3.8, 4) is 0 Å². The Kier molecular flexibility index (Phi) is 3.88. The molecule has 3 heterocycles. The van der Waals surface area contributed by atoms with Gasteiger partial charge in [-0.05, 0) is 52.0 Å². The molecule has 4 rings (SSSR count). The Hall–Kier alpha value is -1.07. The lowest BCUT2D eigenvalue weighted by Gasteiger charge is -2.27. The summed E-state index contributed by atoms with van der Waals surface area (Å²) in [5.41, 5.74) is 7.25. The molecule has 0 amide bonds. The van der Waals surface area contributed by atoms with Crippen LogP contribution in [0.3, 0.4) is 0 Å². The van der Waals surface area contributed by atoms with E-state index in [4.69, 9.17) is 16.6 Å². The van der Waals surface area contributed by atoms with Crippen LogP contribution in [-0.4, -0.2) is 29.6 Å². The molecule has 1 N–H and O–H groups in total. The summed E-state index contributed by atoms with van der Waals surface area (Å²) >= 11 is 8.19. The van der Waals surface area contributed by atoms with Crippen molar-refractivity contribution in [2.24, 2.45) is 16.0 Å². The lowest BCUT2D eigenvalue weighted by atomic mass is 9.82. The van der Waals surface area contributed by atoms with E-state index >= 15 is 0 Å². The molecule has 0 aromatic carbocycles. The van der Waals surface area contributed by atoms with Crippen molar-refractivity contribution in [3.63, 3.8) is 0 Å². The van der Waals surface area contributed by atoms with Gasteiger partial charge in [0.1, 0.15) is 11.2 Å². The van der Waals surface area contributed by atoms with E-state index in [9.17, 15) is 0 Å². The number of anilines is 1. The Morgan fingerprint density at radius 3 is 2.70 bits per heavy atom. The standard InChI is InChI=1S/C17H23ClN4S/c1-9-10(2)23-17-15(9)16(12-4-6-13(18)7-5-12)19-8-14-21-20-11(3)22(14)17/h11-13,20H,4-8H2,1-3H3. The molecule has 1 aromatic heterocycles. The van der Waals surface area contributed by atoms with Crippen molar-refractivity contribution in [2.75, 3.05) is 11.4 Å². The van der Waals surface area contributed by atoms with Gasteiger partial charge in [0, 0.05) is 27.4 Å². The maximum absolute atomic E-state index is 6.31. The molecule has 1 saturated carbocycles. The van der Waals surface area contributed by atoms with Gasteiger partial charge < -0.3 is 0 Å². The summed E-state index contributed by atoms with van der Waals surface area (Å²) in [6.07, 6.45) is 4.72. The van der Waals surface area contributed by atoms with E-state index in [-0.39, 0.29) is 6.17 Å². The van der Waals surface area contributed by atoms with Crippen LogP contribution in [0.5, 0.6) is 0 Å². The second kappa shape index (κ2) is 5.78. The summed E-state index contributed by atoms with van der Waals surface area (Å²) in [6.45, 7) is 7.29. The Morgan fingerprint density at radius 1 is 1.22 bits per heavy atom. The van der Waals surface area contributed by atoms with Crippen molar-refractivity contribution >= 4 is 39.5 Å². The smallest absolute Gasteiger partial charge is 0.153 e. The molecule has 1 aliphatic carbocycles. The lowest BCUT2D eigenvalue weighted by Crippen LogP contribution is -2.38. The minimum absolute atomic E-state index is 0.203. The Bertz CT molecular complexity index is 685. The quantitative estimate of drug-likeness (QED) is 0.776. The van der Waals surface area contributed by atoms with Crippen LogP contribution in [0.1, 0.15) is 48.6 Å². The molecule has 1 fully saturated rings. The molecule has 0 bridgehead atoms. The van der Waals surface area contributed by atoms with Crippen molar-refractivity contribution in [1.29, 1.82) is 0 Å². The lowest BCUT2D eigenvalue weighted by molar-refractivity contribution is 0.445. The van der Waals surface area contributed by atoms with Crippen LogP contribution in [0.15, 0.2) is 10.1 Å². The largest absolute Gasteiger partial charge is 0.296 e. The van der Waals surface area contributed by atoms with Crippen molar-refractivity contribution < 1.29 is 0 Å². The molecule has 0 radical (unpaired) electrons. The number of aliphatic imine (C=N–C) groups is 1. The first-order valence-electron chi connectivity index (χ1n) is 8.46. The number of hydrazone groups is 1. The fourth-order valence-electron chi connectivity index (χ4n) is 3.88. The highest BCUT2D eigenvalue weighted by molar-refractivity contribution is 7.17. The number of fused-ring (bicyclic) bond motifs is 3. The fourth-order valence-corrected chi connectivity index (χ4v) is 5.40. The third-order valence-electron chi connectivity index (χ3n) is 5.32. The maximum atomic E-state index is 6.31. The maximum Gasteiger partial charge on any atom is 0.153 e. The van der Waals surface area contributed by atoms with Crippen molar-refractivity contribution in [2.45, 2.75) is 58.0 Å². The summed E-state index contributed by atoms with van der Waals surface area (Å²) < 4.78 is 0. The number of aryl methyl sites for hydroxylation is 1. The predicted molar refractivity (Wildman–Crippen MR) is 99.3 cm³/mol. The molecule has 2 aliphatic heterocycles. The highest BCUT2D eigenvalue weighted by Crippen LogP contribution is 2.42. The second-order valence-corrected chi connectivity index (χ2v) is 8.64. The predicted octanol–water partition coefficient (Wildman–Crippen LogP) is 4.03. The third-order valence-corrected chi connectivity index (χ3v) is 6.96. The van der Waals surface area contributed by atoms with E-state index in [0.29, 0.717) is 17.8 Å². The highest BCUT2D eigenvalue weighted by atomic mass is 35.5. The van der Waals surface area contributed by atoms with Crippen LogP contribution >= 0.6 is 22.9 Å². The normalized spacial score (nSPS) is 30.1. The number of halogens is 1.